The number of aliphatic carboxylic acids is 4. The third-order valence-electron chi connectivity index (χ3n) is 4.52. The van der Waals surface area contributed by atoms with Crippen LogP contribution in [0.15, 0.2) is 54.6 Å². The van der Waals surface area contributed by atoms with E-state index in [2.05, 4.69) is 5.73 Å². The number of carboxylic acid groups (broad SMARTS) is 4. The van der Waals surface area contributed by atoms with Crippen molar-refractivity contribution in [3.63, 3.8) is 0 Å². The van der Waals surface area contributed by atoms with Crippen LogP contribution in [0, 0.1) is 0 Å². The van der Waals surface area contributed by atoms with Crippen LogP contribution in [-0.2, 0) is 36.8 Å². The second kappa shape index (κ2) is 21.4. The summed E-state index contributed by atoms with van der Waals surface area (Å²) in [4.78, 5) is 50.2. The third kappa shape index (κ3) is 21.5. The standard InChI is InChI=1S/C9H11NO3.C9H11NO2.C5H10N2O3.C2H5NO2/c10-8(9(12)13)5-6-1-3-7(11)4-2-6;10-8(9(11)12)6-7-4-2-1-3-5-7;6-3(5(9)10)1-2-4(7)8;3-1-2(4)5/h1-4,8,11H,5,10H2,(H,12,13);1-5,8H,6,10H2,(H,11,12);3H,1-2,6H2,(H2,7,8)(H,9,10);1,3H2,(H,4,5). The zero-order valence-corrected chi connectivity index (χ0v) is 21.6. The van der Waals surface area contributed by atoms with Gasteiger partial charge >= 0.3 is 23.9 Å². The van der Waals surface area contributed by atoms with Crippen molar-refractivity contribution in [2.75, 3.05) is 6.54 Å². The Bertz CT molecular complexity index is 1050. The first-order chi connectivity index (χ1) is 18.6. The fourth-order valence-electron chi connectivity index (χ4n) is 2.35. The minimum absolute atomic E-state index is 0.0213. The first kappa shape index (κ1) is 37.6. The number of phenols is 1. The maximum Gasteiger partial charge on any atom is 0.320 e. The van der Waals surface area contributed by atoms with Gasteiger partial charge in [0.15, 0.2) is 0 Å². The molecule has 40 heavy (non-hydrogen) atoms. The Kier molecular flexibility index (Phi) is 20.1. The van der Waals surface area contributed by atoms with E-state index in [-0.39, 0.29) is 31.6 Å². The minimum Gasteiger partial charge on any atom is -0.508 e. The lowest BCUT2D eigenvalue weighted by Gasteiger charge is -2.05. The van der Waals surface area contributed by atoms with Gasteiger partial charge in [0.25, 0.3) is 0 Å². The van der Waals surface area contributed by atoms with Crippen molar-refractivity contribution in [2.45, 2.75) is 43.8 Å². The van der Waals surface area contributed by atoms with Crippen LogP contribution in [0.2, 0.25) is 0 Å². The summed E-state index contributed by atoms with van der Waals surface area (Å²) in [5, 5.41) is 41.8. The van der Waals surface area contributed by atoms with Gasteiger partial charge in [0.2, 0.25) is 5.91 Å². The van der Waals surface area contributed by atoms with Crippen LogP contribution in [-0.4, -0.2) is 80.0 Å². The van der Waals surface area contributed by atoms with Crippen LogP contribution >= 0.6 is 0 Å². The van der Waals surface area contributed by atoms with Gasteiger partial charge in [0, 0.05) is 6.42 Å². The number of carbonyl (C=O) groups excluding carboxylic acids is 1. The van der Waals surface area contributed by atoms with Crippen molar-refractivity contribution < 1.29 is 49.5 Å². The molecule has 15 N–H and O–H groups in total. The number of hydrogen-bond donors (Lipinski definition) is 10. The number of carboxylic acids is 4. The van der Waals surface area contributed by atoms with E-state index in [1.807, 2.05) is 30.3 Å². The Labute approximate surface area is 230 Å². The predicted octanol–water partition coefficient (Wildman–Crippen LogP) is -1.32. The highest BCUT2D eigenvalue weighted by Crippen LogP contribution is 2.10. The molecule has 0 saturated heterocycles. The fraction of sp³-hybridized carbons (Fsp3) is 0.320. The summed E-state index contributed by atoms with van der Waals surface area (Å²) in [5.74, 6) is -4.43. The monoisotopic (exact) mass is 567 g/mol. The summed E-state index contributed by atoms with van der Waals surface area (Å²) in [6.45, 7) is -0.278. The highest BCUT2D eigenvalue weighted by atomic mass is 16.4. The van der Waals surface area contributed by atoms with E-state index < -0.39 is 47.9 Å². The minimum atomic E-state index is -1.11. The van der Waals surface area contributed by atoms with E-state index >= 15 is 0 Å². The Hall–Kier alpha value is -4.57. The highest BCUT2D eigenvalue weighted by Gasteiger charge is 2.12. The van der Waals surface area contributed by atoms with Gasteiger partial charge in [-0.25, -0.2) is 0 Å². The molecule has 1 amide bonds. The van der Waals surface area contributed by atoms with Crippen molar-refractivity contribution in [3.8, 4) is 5.75 Å². The summed E-state index contributed by atoms with van der Waals surface area (Å²) >= 11 is 0. The molecule has 15 nitrogen and oxygen atoms in total. The van der Waals surface area contributed by atoms with Gasteiger partial charge in [-0.2, -0.15) is 0 Å². The van der Waals surface area contributed by atoms with Crippen LogP contribution < -0.4 is 28.7 Å². The lowest BCUT2D eigenvalue weighted by Crippen LogP contribution is -2.32. The van der Waals surface area contributed by atoms with E-state index in [0.29, 0.717) is 6.42 Å². The maximum absolute atomic E-state index is 10.4. The number of carbonyl (C=O) groups is 5. The topological polar surface area (TPSA) is 317 Å². The van der Waals surface area contributed by atoms with Crippen LogP contribution in [0.5, 0.6) is 5.75 Å². The Morgan fingerprint density at radius 1 is 0.650 bits per heavy atom. The van der Waals surface area contributed by atoms with Gasteiger partial charge in [-0.15, -0.1) is 0 Å². The van der Waals surface area contributed by atoms with Crippen molar-refractivity contribution in [3.05, 3.63) is 65.7 Å². The maximum atomic E-state index is 10.4. The molecule has 0 aliphatic rings. The highest BCUT2D eigenvalue weighted by molar-refractivity contribution is 5.77. The summed E-state index contributed by atoms with van der Waals surface area (Å²) < 4.78 is 0. The Morgan fingerprint density at radius 3 is 1.35 bits per heavy atom. The molecule has 0 fully saturated rings. The molecule has 0 aliphatic heterocycles. The molecule has 222 valence electrons. The normalized spacial score (nSPS) is 11.8. The molecular formula is C25H37N5O10. The molecule has 2 aromatic rings. The first-order valence-electron chi connectivity index (χ1n) is 11.6. The van der Waals surface area contributed by atoms with E-state index in [4.69, 9.17) is 48.5 Å². The zero-order chi connectivity index (χ0) is 31.3. The van der Waals surface area contributed by atoms with Crippen molar-refractivity contribution >= 4 is 29.8 Å². The number of aromatic hydroxyl groups is 1. The van der Waals surface area contributed by atoms with Crippen LogP contribution in [0.1, 0.15) is 24.0 Å². The number of primary amides is 1. The van der Waals surface area contributed by atoms with Crippen molar-refractivity contribution in [1.29, 1.82) is 0 Å². The van der Waals surface area contributed by atoms with Crippen LogP contribution in [0.25, 0.3) is 0 Å². The summed E-state index contributed by atoms with van der Waals surface area (Å²) in [7, 11) is 0. The average molecular weight is 568 g/mol. The molecule has 0 heterocycles. The van der Waals surface area contributed by atoms with Gasteiger partial charge in [0.1, 0.15) is 23.9 Å². The molecule has 3 atom stereocenters. The smallest absolute Gasteiger partial charge is 0.320 e. The fourth-order valence-corrected chi connectivity index (χ4v) is 2.35. The quantitative estimate of drug-likeness (QED) is 0.151. The average Bonchev–Trinajstić information content (AvgIpc) is 2.90. The summed E-state index contributed by atoms with van der Waals surface area (Å²) in [6, 6.07) is 13.0. The molecule has 3 unspecified atom stereocenters. The predicted molar refractivity (Wildman–Crippen MR) is 144 cm³/mol. The van der Waals surface area contributed by atoms with Gasteiger partial charge in [-0.05, 0) is 42.5 Å². The molecule has 0 saturated carbocycles. The number of phenolic OH excluding ortho intramolecular Hbond substituents is 1. The largest absolute Gasteiger partial charge is 0.508 e. The second-order valence-electron chi connectivity index (χ2n) is 8.00. The molecule has 2 rings (SSSR count). The molecule has 15 heteroatoms. The second-order valence-corrected chi connectivity index (χ2v) is 8.00. The first-order valence-corrected chi connectivity index (χ1v) is 11.6. The number of rotatable bonds is 11. The number of benzene rings is 2. The molecule has 2 aromatic carbocycles. The van der Waals surface area contributed by atoms with Gasteiger partial charge in [-0.1, -0.05) is 42.5 Å². The Balaban J connectivity index is 0. The van der Waals surface area contributed by atoms with E-state index in [1.54, 1.807) is 12.1 Å². The van der Waals surface area contributed by atoms with Crippen LogP contribution in [0.4, 0.5) is 0 Å². The molecule has 0 spiro atoms. The molecule has 0 bridgehead atoms. The van der Waals surface area contributed by atoms with E-state index in [0.717, 1.165) is 11.1 Å². The summed E-state index contributed by atoms with van der Waals surface area (Å²) in [6.07, 6.45) is 0.782. The number of nitrogens with two attached hydrogens (primary N) is 5. The van der Waals surface area contributed by atoms with Crippen LogP contribution in [0.3, 0.4) is 0 Å². The van der Waals surface area contributed by atoms with Gasteiger partial charge < -0.3 is 54.2 Å². The molecule has 0 radical (unpaired) electrons. The molecule has 0 aromatic heterocycles. The Morgan fingerprint density at radius 2 is 1.02 bits per heavy atom. The number of hydrogen-bond acceptors (Lipinski definition) is 10. The van der Waals surface area contributed by atoms with Gasteiger partial charge in [0.05, 0.1) is 6.54 Å². The molecule has 0 aliphatic carbocycles. The molecular weight excluding hydrogens is 530 g/mol. The lowest BCUT2D eigenvalue weighted by atomic mass is 10.1. The summed E-state index contributed by atoms with van der Waals surface area (Å²) in [5.41, 5.74) is 26.8. The van der Waals surface area contributed by atoms with Crippen molar-refractivity contribution in [1.82, 2.24) is 0 Å². The zero-order valence-electron chi connectivity index (χ0n) is 21.6. The number of amides is 1. The van der Waals surface area contributed by atoms with E-state index in [1.165, 1.54) is 12.1 Å². The van der Waals surface area contributed by atoms with E-state index in [9.17, 15) is 24.0 Å². The lowest BCUT2D eigenvalue weighted by molar-refractivity contribution is -0.139. The van der Waals surface area contributed by atoms with Crippen molar-refractivity contribution in [2.24, 2.45) is 28.7 Å². The van der Waals surface area contributed by atoms with Gasteiger partial charge in [-0.3, -0.25) is 24.0 Å². The SMILES string of the molecule is NC(=O)CCC(N)C(=O)O.NC(Cc1ccc(O)cc1)C(=O)O.NC(Cc1ccccc1)C(=O)O.NCC(=O)O. The third-order valence-corrected chi connectivity index (χ3v) is 4.52.